The van der Waals surface area contributed by atoms with E-state index in [1.54, 1.807) is 0 Å². The molecule has 1 fully saturated rings. The van der Waals surface area contributed by atoms with Gasteiger partial charge in [0.25, 0.3) is 0 Å². The van der Waals surface area contributed by atoms with Crippen LogP contribution in [0.4, 0.5) is 0 Å². The normalized spacial score (nSPS) is 28.8. The lowest BCUT2D eigenvalue weighted by atomic mass is 10.0. The van der Waals surface area contributed by atoms with Gasteiger partial charge in [0, 0.05) is 37.3 Å². The lowest BCUT2D eigenvalue weighted by molar-refractivity contribution is 0.0355. The van der Waals surface area contributed by atoms with Crippen molar-refractivity contribution in [1.29, 1.82) is 0 Å². The summed E-state index contributed by atoms with van der Waals surface area (Å²) in [6.45, 7) is 15.1. The Morgan fingerprint density at radius 1 is 1.11 bits per heavy atom. The van der Waals surface area contributed by atoms with E-state index < -0.39 is 0 Å². The third kappa shape index (κ3) is 4.87. The van der Waals surface area contributed by atoms with E-state index in [9.17, 15) is 0 Å². The molecule has 1 aliphatic heterocycles. The fourth-order valence-electron chi connectivity index (χ4n) is 2.78. The standard InChI is InChI=1S/C15H33N3/c1-12(2)16-9-7-8-13(3)18-10-14(4)17(6)15(5)11-18/h12-16H,7-11H2,1-6H3. The van der Waals surface area contributed by atoms with Crippen LogP contribution in [0.1, 0.15) is 47.5 Å². The van der Waals surface area contributed by atoms with E-state index in [0.29, 0.717) is 18.1 Å². The van der Waals surface area contributed by atoms with Crippen LogP contribution in [0.2, 0.25) is 0 Å². The highest BCUT2D eigenvalue weighted by Gasteiger charge is 2.28. The first-order valence-electron chi connectivity index (χ1n) is 7.61. The molecule has 3 nitrogen and oxygen atoms in total. The van der Waals surface area contributed by atoms with Gasteiger partial charge in [0.15, 0.2) is 0 Å². The predicted octanol–water partition coefficient (Wildman–Crippen LogP) is 2.18. The van der Waals surface area contributed by atoms with E-state index in [-0.39, 0.29) is 0 Å². The maximum Gasteiger partial charge on any atom is 0.0195 e. The molecule has 0 amide bonds. The molecule has 3 heteroatoms. The average Bonchev–Trinajstić information content (AvgIpc) is 2.30. The van der Waals surface area contributed by atoms with Gasteiger partial charge in [-0.2, -0.15) is 0 Å². The van der Waals surface area contributed by atoms with Crippen LogP contribution >= 0.6 is 0 Å². The minimum atomic E-state index is 0.615. The highest BCUT2D eigenvalue weighted by atomic mass is 15.3. The fourth-order valence-corrected chi connectivity index (χ4v) is 2.78. The molecule has 1 N–H and O–H groups in total. The SMILES string of the molecule is CC(C)NCCCC(C)N1CC(C)N(C)C(C)C1. The third-order valence-electron chi connectivity index (χ3n) is 4.36. The number of hydrogen-bond donors (Lipinski definition) is 1. The number of nitrogens with one attached hydrogen (secondary N) is 1. The molecule has 1 saturated heterocycles. The van der Waals surface area contributed by atoms with Crippen molar-refractivity contribution in [3.8, 4) is 0 Å². The molecule has 3 unspecified atom stereocenters. The number of nitrogens with zero attached hydrogens (tertiary/aromatic N) is 2. The maximum absolute atomic E-state index is 3.50. The molecule has 18 heavy (non-hydrogen) atoms. The second-order valence-corrected chi connectivity index (χ2v) is 6.42. The molecule has 1 aliphatic rings. The number of piperazine rings is 1. The molecule has 0 radical (unpaired) electrons. The van der Waals surface area contributed by atoms with Gasteiger partial charge in [-0.1, -0.05) is 13.8 Å². The van der Waals surface area contributed by atoms with Crippen molar-refractivity contribution in [2.75, 3.05) is 26.7 Å². The van der Waals surface area contributed by atoms with Crippen molar-refractivity contribution in [2.45, 2.75) is 71.6 Å². The predicted molar refractivity (Wildman–Crippen MR) is 80.1 cm³/mol. The van der Waals surface area contributed by atoms with Crippen molar-refractivity contribution in [1.82, 2.24) is 15.1 Å². The van der Waals surface area contributed by atoms with Gasteiger partial charge >= 0.3 is 0 Å². The Morgan fingerprint density at radius 3 is 2.17 bits per heavy atom. The van der Waals surface area contributed by atoms with Gasteiger partial charge in [0.2, 0.25) is 0 Å². The lowest BCUT2D eigenvalue weighted by Crippen LogP contribution is -2.57. The second kappa shape index (κ2) is 7.46. The Hall–Kier alpha value is -0.120. The summed E-state index contributed by atoms with van der Waals surface area (Å²) in [7, 11) is 2.25. The number of rotatable bonds is 6. The fraction of sp³-hybridized carbons (Fsp3) is 1.00. The van der Waals surface area contributed by atoms with Crippen LogP contribution in [0.25, 0.3) is 0 Å². The van der Waals surface area contributed by atoms with Crippen molar-refractivity contribution >= 4 is 0 Å². The molecule has 0 saturated carbocycles. The van der Waals surface area contributed by atoms with Crippen molar-refractivity contribution < 1.29 is 0 Å². The highest BCUT2D eigenvalue weighted by Crippen LogP contribution is 2.17. The molecule has 0 aromatic heterocycles. The molecule has 0 aromatic rings. The monoisotopic (exact) mass is 255 g/mol. The Balaban J connectivity index is 2.27. The van der Waals surface area contributed by atoms with Crippen LogP contribution in [0, 0.1) is 0 Å². The van der Waals surface area contributed by atoms with E-state index in [2.05, 4.69) is 56.8 Å². The van der Waals surface area contributed by atoms with Crippen molar-refractivity contribution in [3.63, 3.8) is 0 Å². The van der Waals surface area contributed by atoms with Crippen LogP contribution in [-0.2, 0) is 0 Å². The van der Waals surface area contributed by atoms with E-state index >= 15 is 0 Å². The number of likely N-dealkylation sites (N-methyl/N-ethyl adjacent to an activating group) is 1. The summed E-state index contributed by atoms with van der Waals surface area (Å²) in [5.74, 6) is 0. The molecule has 108 valence electrons. The summed E-state index contributed by atoms with van der Waals surface area (Å²) in [4.78, 5) is 5.17. The van der Waals surface area contributed by atoms with Crippen LogP contribution in [0.3, 0.4) is 0 Å². The summed E-state index contributed by atoms with van der Waals surface area (Å²) in [6, 6.07) is 2.71. The van der Waals surface area contributed by atoms with Gasteiger partial charge in [-0.05, 0) is 47.2 Å². The van der Waals surface area contributed by atoms with E-state index in [1.807, 2.05) is 0 Å². The summed E-state index contributed by atoms with van der Waals surface area (Å²) in [5.41, 5.74) is 0. The van der Waals surface area contributed by atoms with Crippen molar-refractivity contribution in [2.24, 2.45) is 0 Å². The summed E-state index contributed by atoms with van der Waals surface area (Å²) < 4.78 is 0. The summed E-state index contributed by atoms with van der Waals surface area (Å²) >= 11 is 0. The zero-order chi connectivity index (χ0) is 13.7. The van der Waals surface area contributed by atoms with Gasteiger partial charge in [0.05, 0.1) is 0 Å². The van der Waals surface area contributed by atoms with Gasteiger partial charge < -0.3 is 5.32 Å². The van der Waals surface area contributed by atoms with Crippen LogP contribution in [0.5, 0.6) is 0 Å². The summed E-state index contributed by atoms with van der Waals surface area (Å²) in [6.07, 6.45) is 2.59. The Bertz CT molecular complexity index is 218. The zero-order valence-electron chi connectivity index (χ0n) is 13.2. The lowest BCUT2D eigenvalue weighted by Gasteiger charge is -2.45. The highest BCUT2D eigenvalue weighted by molar-refractivity contribution is 4.85. The van der Waals surface area contributed by atoms with E-state index in [1.165, 1.54) is 25.9 Å². The molecular weight excluding hydrogens is 222 g/mol. The first-order chi connectivity index (χ1) is 8.41. The molecule has 1 heterocycles. The molecule has 0 bridgehead atoms. The largest absolute Gasteiger partial charge is 0.315 e. The first kappa shape index (κ1) is 15.9. The van der Waals surface area contributed by atoms with Crippen LogP contribution in [0.15, 0.2) is 0 Å². The van der Waals surface area contributed by atoms with Crippen molar-refractivity contribution in [3.05, 3.63) is 0 Å². The van der Waals surface area contributed by atoms with E-state index in [4.69, 9.17) is 0 Å². The zero-order valence-corrected chi connectivity index (χ0v) is 13.2. The Morgan fingerprint density at radius 2 is 1.67 bits per heavy atom. The van der Waals surface area contributed by atoms with Crippen LogP contribution < -0.4 is 5.32 Å². The van der Waals surface area contributed by atoms with Gasteiger partial charge in [-0.15, -0.1) is 0 Å². The van der Waals surface area contributed by atoms with Gasteiger partial charge in [-0.3, -0.25) is 9.80 Å². The van der Waals surface area contributed by atoms with E-state index in [0.717, 1.165) is 12.6 Å². The Labute approximate surface area is 114 Å². The second-order valence-electron chi connectivity index (χ2n) is 6.42. The minimum Gasteiger partial charge on any atom is -0.315 e. The third-order valence-corrected chi connectivity index (χ3v) is 4.36. The Kier molecular flexibility index (Phi) is 6.61. The summed E-state index contributed by atoms with van der Waals surface area (Å²) in [5, 5.41) is 3.50. The molecule has 0 spiro atoms. The molecular formula is C15H33N3. The topological polar surface area (TPSA) is 18.5 Å². The smallest absolute Gasteiger partial charge is 0.0195 e. The van der Waals surface area contributed by atoms with Crippen LogP contribution in [-0.4, -0.2) is 60.6 Å². The van der Waals surface area contributed by atoms with Gasteiger partial charge in [0.1, 0.15) is 0 Å². The quantitative estimate of drug-likeness (QED) is 0.734. The number of hydrogen-bond acceptors (Lipinski definition) is 3. The molecule has 0 aliphatic carbocycles. The molecule has 3 atom stereocenters. The first-order valence-corrected chi connectivity index (χ1v) is 7.61. The minimum absolute atomic E-state index is 0.615. The maximum atomic E-state index is 3.50. The molecule has 1 rings (SSSR count). The average molecular weight is 255 g/mol. The molecule has 0 aromatic carbocycles. The van der Waals surface area contributed by atoms with Gasteiger partial charge in [-0.25, -0.2) is 0 Å².